The van der Waals surface area contributed by atoms with Gasteiger partial charge in [-0.05, 0) is 38.0 Å². The molecule has 1 fully saturated rings. The molecule has 0 spiro atoms. The topological polar surface area (TPSA) is 68.3 Å². The van der Waals surface area contributed by atoms with E-state index in [0.717, 1.165) is 35.7 Å². The number of hydrogen-bond donors (Lipinski definition) is 0. The summed E-state index contributed by atoms with van der Waals surface area (Å²) in [5.41, 5.74) is 0.948. The molecule has 7 heteroatoms. The largest absolute Gasteiger partial charge is 0.493 e. The van der Waals surface area contributed by atoms with Gasteiger partial charge in [-0.15, -0.1) is 0 Å². The molecule has 2 aromatic rings. The number of rotatable bonds is 8. The summed E-state index contributed by atoms with van der Waals surface area (Å²) in [6.45, 7) is 5.59. The van der Waals surface area contributed by atoms with E-state index >= 15 is 0 Å². The van der Waals surface area contributed by atoms with Crippen molar-refractivity contribution in [3.63, 3.8) is 0 Å². The number of hydrogen-bond acceptors (Lipinski definition) is 5. The average Bonchev–Trinajstić information content (AvgIpc) is 2.87. The van der Waals surface area contributed by atoms with Crippen LogP contribution >= 0.6 is 0 Å². The number of carbonyl (C=O) groups excluding carboxylic acids is 2. The van der Waals surface area contributed by atoms with Gasteiger partial charge in [0.05, 0.1) is 18.9 Å². The van der Waals surface area contributed by atoms with Crippen LogP contribution in [0, 0.1) is 5.92 Å². The van der Waals surface area contributed by atoms with Crippen molar-refractivity contribution in [2.45, 2.75) is 32.7 Å². The van der Waals surface area contributed by atoms with Crippen LogP contribution in [0.15, 0.2) is 48.5 Å². The second-order valence-corrected chi connectivity index (χ2v) is 8.38. The highest BCUT2D eigenvalue weighted by atomic mass is 16.6. The highest BCUT2D eigenvalue weighted by molar-refractivity contribution is 5.81. The van der Waals surface area contributed by atoms with E-state index in [1.54, 1.807) is 0 Å². The first-order chi connectivity index (χ1) is 16.2. The SMILES string of the molecule is CCN(Cc1cccc2c1OCCO2)C(=O)C1CCCN(C(=O)CCOc2ccccc2)C1. The molecule has 2 amide bonds. The molecule has 2 aromatic carbocycles. The molecular weight excluding hydrogens is 420 g/mol. The first-order valence-corrected chi connectivity index (χ1v) is 11.8. The monoisotopic (exact) mass is 452 g/mol. The van der Waals surface area contributed by atoms with Gasteiger partial charge in [0.2, 0.25) is 11.8 Å². The number of nitrogens with zero attached hydrogens (tertiary/aromatic N) is 2. The van der Waals surface area contributed by atoms with Crippen molar-refractivity contribution in [2.75, 3.05) is 39.5 Å². The van der Waals surface area contributed by atoms with Gasteiger partial charge in [-0.3, -0.25) is 9.59 Å². The van der Waals surface area contributed by atoms with Gasteiger partial charge < -0.3 is 24.0 Å². The molecule has 2 heterocycles. The maximum atomic E-state index is 13.4. The summed E-state index contributed by atoms with van der Waals surface area (Å²) < 4.78 is 17.2. The van der Waals surface area contributed by atoms with Gasteiger partial charge in [-0.1, -0.05) is 30.3 Å². The average molecular weight is 453 g/mol. The molecule has 33 heavy (non-hydrogen) atoms. The van der Waals surface area contributed by atoms with Crippen LogP contribution in [-0.4, -0.2) is 61.1 Å². The third-order valence-corrected chi connectivity index (χ3v) is 6.15. The standard InChI is InChI=1S/C26H32N2O5/c1-2-27(18-20-8-6-12-23-25(20)33-17-16-32-23)26(30)21-9-7-14-28(19-21)24(29)13-15-31-22-10-4-3-5-11-22/h3-6,8,10-12,21H,2,7,9,13-19H2,1H3. The van der Waals surface area contributed by atoms with Crippen LogP contribution in [0.1, 0.15) is 31.7 Å². The maximum Gasteiger partial charge on any atom is 0.227 e. The fraction of sp³-hybridized carbons (Fsp3) is 0.462. The Balaban J connectivity index is 1.33. The van der Waals surface area contributed by atoms with E-state index in [9.17, 15) is 9.59 Å². The summed E-state index contributed by atoms with van der Waals surface area (Å²) in [6, 6.07) is 15.3. The molecule has 7 nitrogen and oxygen atoms in total. The van der Waals surface area contributed by atoms with E-state index < -0.39 is 0 Å². The first kappa shape index (κ1) is 23.0. The molecule has 1 saturated heterocycles. The van der Waals surface area contributed by atoms with Gasteiger partial charge in [0.15, 0.2) is 11.5 Å². The van der Waals surface area contributed by atoms with Gasteiger partial charge in [0.25, 0.3) is 0 Å². The van der Waals surface area contributed by atoms with Crippen molar-refractivity contribution in [3.8, 4) is 17.2 Å². The van der Waals surface area contributed by atoms with Crippen molar-refractivity contribution in [2.24, 2.45) is 5.92 Å². The molecule has 0 saturated carbocycles. The third kappa shape index (κ3) is 5.78. The molecular formula is C26H32N2O5. The summed E-state index contributed by atoms with van der Waals surface area (Å²) >= 11 is 0. The lowest BCUT2D eigenvalue weighted by molar-refractivity contribution is -0.141. The molecule has 0 aliphatic carbocycles. The van der Waals surface area contributed by atoms with Gasteiger partial charge in [-0.2, -0.15) is 0 Å². The summed E-state index contributed by atoms with van der Waals surface area (Å²) in [4.78, 5) is 29.8. The molecule has 0 aromatic heterocycles. The Kier molecular flexibility index (Phi) is 7.70. The quantitative estimate of drug-likeness (QED) is 0.613. The highest BCUT2D eigenvalue weighted by Crippen LogP contribution is 2.34. The van der Waals surface area contributed by atoms with Crippen LogP contribution in [0.4, 0.5) is 0 Å². The van der Waals surface area contributed by atoms with E-state index in [4.69, 9.17) is 14.2 Å². The predicted molar refractivity (Wildman–Crippen MR) is 124 cm³/mol. The predicted octanol–water partition coefficient (Wildman–Crippen LogP) is 3.51. The van der Waals surface area contributed by atoms with Crippen molar-refractivity contribution < 1.29 is 23.8 Å². The van der Waals surface area contributed by atoms with Gasteiger partial charge in [-0.25, -0.2) is 0 Å². The maximum absolute atomic E-state index is 13.4. The van der Waals surface area contributed by atoms with Gasteiger partial charge >= 0.3 is 0 Å². The van der Waals surface area contributed by atoms with Crippen LogP contribution in [0.3, 0.4) is 0 Å². The van der Waals surface area contributed by atoms with Crippen LogP contribution in [-0.2, 0) is 16.1 Å². The third-order valence-electron chi connectivity index (χ3n) is 6.15. The fourth-order valence-electron chi connectivity index (χ4n) is 4.40. The molecule has 4 rings (SSSR count). The number of likely N-dealkylation sites (tertiary alicyclic amines) is 1. The Bertz CT molecular complexity index is 949. The van der Waals surface area contributed by atoms with Crippen molar-refractivity contribution >= 4 is 11.8 Å². The molecule has 2 aliphatic rings. The van der Waals surface area contributed by atoms with Crippen molar-refractivity contribution in [1.29, 1.82) is 0 Å². The Morgan fingerprint density at radius 1 is 1.09 bits per heavy atom. The normalized spacial score (nSPS) is 17.4. The molecule has 2 aliphatic heterocycles. The number of benzene rings is 2. The van der Waals surface area contributed by atoms with Crippen LogP contribution in [0.2, 0.25) is 0 Å². The molecule has 1 unspecified atom stereocenters. The second-order valence-electron chi connectivity index (χ2n) is 8.38. The lowest BCUT2D eigenvalue weighted by Crippen LogP contribution is -2.46. The molecule has 0 radical (unpaired) electrons. The molecule has 176 valence electrons. The summed E-state index contributed by atoms with van der Waals surface area (Å²) in [5, 5.41) is 0. The molecule has 0 N–H and O–H groups in total. The Hall–Kier alpha value is -3.22. The van der Waals surface area contributed by atoms with Crippen LogP contribution in [0.25, 0.3) is 0 Å². The number of ether oxygens (including phenoxy) is 3. The van der Waals surface area contributed by atoms with E-state index in [0.29, 0.717) is 52.4 Å². The van der Waals surface area contributed by atoms with Gasteiger partial charge in [0, 0.05) is 31.7 Å². The lowest BCUT2D eigenvalue weighted by atomic mass is 9.96. The van der Waals surface area contributed by atoms with E-state index in [1.807, 2.05) is 65.3 Å². The van der Waals surface area contributed by atoms with E-state index in [-0.39, 0.29) is 17.7 Å². The smallest absolute Gasteiger partial charge is 0.227 e. The lowest BCUT2D eigenvalue weighted by Gasteiger charge is -2.35. The zero-order valence-corrected chi connectivity index (χ0v) is 19.2. The number of piperidine rings is 1. The number of carbonyl (C=O) groups is 2. The number of fused-ring (bicyclic) bond motifs is 1. The van der Waals surface area contributed by atoms with E-state index in [2.05, 4.69) is 0 Å². The number of amides is 2. The number of para-hydroxylation sites is 2. The molecule has 1 atom stereocenters. The van der Waals surface area contributed by atoms with Crippen molar-refractivity contribution in [3.05, 3.63) is 54.1 Å². The van der Waals surface area contributed by atoms with E-state index in [1.165, 1.54) is 0 Å². The summed E-state index contributed by atoms with van der Waals surface area (Å²) in [7, 11) is 0. The Morgan fingerprint density at radius 3 is 2.73 bits per heavy atom. The summed E-state index contributed by atoms with van der Waals surface area (Å²) in [5.74, 6) is 2.16. The van der Waals surface area contributed by atoms with Crippen molar-refractivity contribution in [1.82, 2.24) is 9.80 Å². The zero-order valence-electron chi connectivity index (χ0n) is 19.2. The minimum Gasteiger partial charge on any atom is -0.493 e. The minimum atomic E-state index is -0.186. The minimum absolute atomic E-state index is 0.0363. The molecule has 0 bridgehead atoms. The summed E-state index contributed by atoms with van der Waals surface area (Å²) in [6.07, 6.45) is 1.93. The fourth-order valence-corrected chi connectivity index (χ4v) is 4.40. The zero-order chi connectivity index (χ0) is 23.0. The Labute approximate surface area is 195 Å². The Morgan fingerprint density at radius 2 is 1.91 bits per heavy atom. The first-order valence-electron chi connectivity index (χ1n) is 11.8. The van der Waals surface area contributed by atoms with Crippen LogP contribution < -0.4 is 14.2 Å². The highest BCUT2D eigenvalue weighted by Gasteiger charge is 2.31. The van der Waals surface area contributed by atoms with Crippen LogP contribution in [0.5, 0.6) is 17.2 Å². The second kappa shape index (κ2) is 11.1. The van der Waals surface area contributed by atoms with Gasteiger partial charge in [0.1, 0.15) is 19.0 Å².